The van der Waals surface area contributed by atoms with Gasteiger partial charge in [-0.3, -0.25) is 0 Å². The summed E-state index contributed by atoms with van der Waals surface area (Å²) in [4.78, 5) is 0. The van der Waals surface area contributed by atoms with Crippen LogP contribution in [-0.2, 0) is 0 Å². The molecule has 3 atom stereocenters. The number of hydrogen-bond donors (Lipinski definition) is 2. The van der Waals surface area contributed by atoms with Gasteiger partial charge in [0.1, 0.15) is 0 Å². The summed E-state index contributed by atoms with van der Waals surface area (Å²) in [5.41, 5.74) is 0. The van der Waals surface area contributed by atoms with Crippen LogP contribution in [-0.4, -0.2) is 33.4 Å². The lowest BCUT2D eigenvalue weighted by molar-refractivity contribution is 0.195. The molecule has 0 saturated heterocycles. The first-order valence-electron chi connectivity index (χ1n) is 3.51. The maximum atomic E-state index is 9.03. The van der Waals surface area contributed by atoms with E-state index in [-0.39, 0.29) is 17.5 Å². The van der Waals surface area contributed by atoms with E-state index in [0.29, 0.717) is 5.75 Å². The Balaban J connectivity index is 3.30. The predicted molar refractivity (Wildman–Crippen MR) is 45.3 cm³/mol. The van der Waals surface area contributed by atoms with Crippen molar-refractivity contribution < 1.29 is 10.2 Å². The van der Waals surface area contributed by atoms with Crippen LogP contribution in [0.2, 0.25) is 0 Å². The average molecular weight is 164 g/mol. The lowest BCUT2D eigenvalue weighted by atomic mass is 10.3. The summed E-state index contributed by atoms with van der Waals surface area (Å²) in [6, 6.07) is 0. The fourth-order valence-corrected chi connectivity index (χ4v) is 1.29. The second-order valence-corrected chi connectivity index (χ2v) is 4.04. The second-order valence-electron chi connectivity index (χ2n) is 2.63. The Morgan fingerprint density at radius 1 is 1.20 bits per heavy atom. The van der Waals surface area contributed by atoms with Crippen molar-refractivity contribution in [3.05, 3.63) is 0 Å². The third kappa shape index (κ3) is 5.09. The first kappa shape index (κ1) is 10.3. The van der Waals surface area contributed by atoms with Crippen molar-refractivity contribution in [3.8, 4) is 0 Å². The zero-order valence-electron chi connectivity index (χ0n) is 6.74. The van der Waals surface area contributed by atoms with Gasteiger partial charge in [-0.25, -0.2) is 0 Å². The highest BCUT2D eigenvalue weighted by atomic mass is 32.2. The molecular weight excluding hydrogens is 148 g/mol. The SMILES string of the molecule is CC(O)CSC(C)C(C)O. The number of thioether (sulfide) groups is 1. The van der Waals surface area contributed by atoms with Crippen LogP contribution in [0, 0.1) is 0 Å². The summed E-state index contributed by atoms with van der Waals surface area (Å²) in [6.45, 7) is 5.47. The van der Waals surface area contributed by atoms with E-state index < -0.39 is 0 Å². The van der Waals surface area contributed by atoms with E-state index in [0.717, 1.165) is 0 Å². The van der Waals surface area contributed by atoms with Crippen molar-refractivity contribution >= 4 is 11.8 Å². The molecular formula is C7H16O2S. The molecule has 0 aliphatic carbocycles. The first-order chi connectivity index (χ1) is 4.54. The van der Waals surface area contributed by atoms with Crippen LogP contribution >= 0.6 is 11.8 Å². The molecule has 10 heavy (non-hydrogen) atoms. The largest absolute Gasteiger partial charge is 0.393 e. The summed E-state index contributed by atoms with van der Waals surface area (Å²) in [5.74, 6) is 0.700. The van der Waals surface area contributed by atoms with Gasteiger partial charge in [-0.05, 0) is 13.8 Å². The Bertz CT molecular complexity index is 83.7. The van der Waals surface area contributed by atoms with E-state index in [9.17, 15) is 0 Å². The Kier molecular flexibility index (Phi) is 5.13. The second kappa shape index (κ2) is 4.99. The van der Waals surface area contributed by atoms with Gasteiger partial charge in [0.25, 0.3) is 0 Å². The van der Waals surface area contributed by atoms with E-state index in [1.165, 1.54) is 0 Å². The molecule has 0 aliphatic heterocycles. The van der Waals surface area contributed by atoms with E-state index in [4.69, 9.17) is 10.2 Å². The molecule has 2 N–H and O–H groups in total. The first-order valence-corrected chi connectivity index (χ1v) is 4.56. The predicted octanol–water partition coefficient (Wildman–Crippen LogP) is 0.870. The quantitative estimate of drug-likeness (QED) is 0.647. The van der Waals surface area contributed by atoms with E-state index in [1.54, 1.807) is 25.6 Å². The minimum Gasteiger partial charge on any atom is -0.393 e. The van der Waals surface area contributed by atoms with Crippen molar-refractivity contribution in [1.82, 2.24) is 0 Å². The number of aliphatic hydroxyl groups is 2. The molecule has 3 heteroatoms. The van der Waals surface area contributed by atoms with Gasteiger partial charge in [0, 0.05) is 11.0 Å². The summed E-state index contributed by atoms with van der Waals surface area (Å²) < 4.78 is 0. The van der Waals surface area contributed by atoms with Crippen LogP contribution in [0.5, 0.6) is 0 Å². The van der Waals surface area contributed by atoms with Gasteiger partial charge in [-0.15, -0.1) is 0 Å². The Morgan fingerprint density at radius 2 is 1.70 bits per heavy atom. The normalized spacial score (nSPS) is 20.1. The molecule has 0 bridgehead atoms. The zero-order chi connectivity index (χ0) is 8.15. The van der Waals surface area contributed by atoms with Gasteiger partial charge in [-0.2, -0.15) is 11.8 Å². The van der Waals surface area contributed by atoms with Gasteiger partial charge in [0.2, 0.25) is 0 Å². The molecule has 0 aliphatic rings. The number of rotatable bonds is 4. The van der Waals surface area contributed by atoms with Crippen LogP contribution in [0.1, 0.15) is 20.8 Å². The Morgan fingerprint density at radius 3 is 2.00 bits per heavy atom. The summed E-state index contributed by atoms with van der Waals surface area (Å²) in [7, 11) is 0. The van der Waals surface area contributed by atoms with Crippen molar-refractivity contribution in [2.75, 3.05) is 5.75 Å². The highest BCUT2D eigenvalue weighted by Gasteiger charge is 2.09. The molecule has 2 nitrogen and oxygen atoms in total. The topological polar surface area (TPSA) is 40.5 Å². The van der Waals surface area contributed by atoms with Gasteiger partial charge in [0.15, 0.2) is 0 Å². The Labute approximate surface area is 66.6 Å². The monoisotopic (exact) mass is 164 g/mol. The minimum absolute atomic E-state index is 0.217. The highest BCUT2D eigenvalue weighted by molar-refractivity contribution is 7.99. The third-order valence-electron chi connectivity index (χ3n) is 1.28. The average Bonchev–Trinajstić information content (AvgIpc) is 1.82. The molecule has 0 aromatic rings. The van der Waals surface area contributed by atoms with Crippen molar-refractivity contribution in [1.29, 1.82) is 0 Å². The number of aliphatic hydroxyl groups excluding tert-OH is 2. The highest BCUT2D eigenvalue weighted by Crippen LogP contribution is 2.14. The molecule has 0 fully saturated rings. The maximum Gasteiger partial charge on any atom is 0.0628 e. The van der Waals surface area contributed by atoms with Crippen LogP contribution in [0.25, 0.3) is 0 Å². The zero-order valence-corrected chi connectivity index (χ0v) is 7.56. The summed E-state index contributed by atoms with van der Waals surface area (Å²) >= 11 is 1.59. The van der Waals surface area contributed by atoms with Crippen LogP contribution in [0.4, 0.5) is 0 Å². The molecule has 62 valence electrons. The molecule has 0 aromatic carbocycles. The lowest BCUT2D eigenvalue weighted by Gasteiger charge is -2.14. The molecule has 0 rings (SSSR count). The summed E-state index contributed by atoms with van der Waals surface area (Å²) in [5, 5.41) is 18.1. The smallest absolute Gasteiger partial charge is 0.0628 e. The van der Waals surface area contributed by atoms with E-state index in [2.05, 4.69) is 0 Å². The molecule has 0 aromatic heterocycles. The standard InChI is InChI=1S/C7H16O2S/c1-5(8)4-10-7(3)6(2)9/h5-9H,4H2,1-3H3. The number of hydrogen-bond acceptors (Lipinski definition) is 3. The van der Waals surface area contributed by atoms with E-state index >= 15 is 0 Å². The van der Waals surface area contributed by atoms with Crippen LogP contribution in [0.3, 0.4) is 0 Å². The fourth-order valence-electron chi connectivity index (χ4n) is 0.430. The molecule has 3 unspecified atom stereocenters. The Hall–Kier alpha value is 0.270. The van der Waals surface area contributed by atoms with Crippen LogP contribution in [0.15, 0.2) is 0 Å². The summed E-state index contributed by atoms with van der Waals surface area (Å²) in [6.07, 6.45) is -0.560. The van der Waals surface area contributed by atoms with Gasteiger partial charge >= 0.3 is 0 Å². The lowest BCUT2D eigenvalue weighted by Crippen LogP contribution is -2.18. The van der Waals surface area contributed by atoms with E-state index in [1.807, 2.05) is 6.92 Å². The van der Waals surface area contributed by atoms with Crippen molar-refractivity contribution in [3.63, 3.8) is 0 Å². The van der Waals surface area contributed by atoms with Crippen molar-refractivity contribution in [2.45, 2.75) is 38.2 Å². The van der Waals surface area contributed by atoms with Gasteiger partial charge < -0.3 is 10.2 Å². The maximum absolute atomic E-state index is 9.03. The van der Waals surface area contributed by atoms with Crippen molar-refractivity contribution in [2.24, 2.45) is 0 Å². The minimum atomic E-state index is -0.288. The molecule has 0 spiro atoms. The van der Waals surface area contributed by atoms with Gasteiger partial charge in [-0.1, -0.05) is 6.92 Å². The molecule has 0 saturated carbocycles. The molecule has 0 radical (unpaired) electrons. The molecule has 0 heterocycles. The molecule has 0 amide bonds. The van der Waals surface area contributed by atoms with Crippen LogP contribution < -0.4 is 0 Å². The fraction of sp³-hybridized carbons (Fsp3) is 1.00. The third-order valence-corrected chi connectivity index (χ3v) is 2.87. The van der Waals surface area contributed by atoms with Gasteiger partial charge in [0.05, 0.1) is 12.2 Å².